The van der Waals surface area contributed by atoms with Crippen molar-refractivity contribution in [3.8, 4) is 5.75 Å². The average molecular weight is 454 g/mol. The lowest BCUT2D eigenvalue weighted by Crippen LogP contribution is -2.43. The molecule has 1 fully saturated rings. The molecule has 2 amide bonds. The molecular weight excluding hydrogens is 425 g/mol. The summed E-state index contributed by atoms with van der Waals surface area (Å²) in [5, 5.41) is 5.92. The summed E-state index contributed by atoms with van der Waals surface area (Å²) in [5.74, 6) is -0.146. The zero-order chi connectivity index (χ0) is 23.4. The molecule has 0 spiro atoms. The van der Waals surface area contributed by atoms with Crippen molar-refractivity contribution in [3.05, 3.63) is 65.5 Å². The van der Waals surface area contributed by atoms with Gasteiger partial charge in [-0.3, -0.25) is 9.59 Å². The first-order valence-electron chi connectivity index (χ1n) is 11.1. The summed E-state index contributed by atoms with van der Waals surface area (Å²) in [4.78, 5) is 27.6. The van der Waals surface area contributed by atoms with E-state index in [0.717, 1.165) is 18.4 Å². The third-order valence-corrected chi connectivity index (χ3v) is 5.96. The fraction of sp³-hybridized carbons (Fsp3) is 0.400. The number of ether oxygens (including phenoxy) is 2. The number of amides is 2. The molecule has 33 heavy (non-hydrogen) atoms. The maximum absolute atomic E-state index is 14.7. The topological polar surface area (TPSA) is 71.4 Å². The molecule has 1 atom stereocenters. The Labute approximate surface area is 192 Å². The van der Waals surface area contributed by atoms with E-state index in [2.05, 4.69) is 5.10 Å². The van der Waals surface area contributed by atoms with Crippen molar-refractivity contribution < 1.29 is 23.5 Å². The van der Waals surface area contributed by atoms with Crippen LogP contribution >= 0.6 is 0 Å². The Balaban J connectivity index is 1.62. The third-order valence-electron chi connectivity index (χ3n) is 5.96. The van der Waals surface area contributed by atoms with Crippen LogP contribution in [-0.4, -0.2) is 61.4 Å². The largest absolute Gasteiger partial charge is 0.497 e. The van der Waals surface area contributed by atoms with Gasteiger partial charge in [0.05, 0.1) is 25.5 Å². The summed E-state index contributed by atoms with van der Waals surface area (Å²) in [5.41, 5.74) is 1.85. The molecule has 0 saturated heterocycles. The highest BCUT2D eigenvalue weighted by molar-refractivity contribution is 6.03. The summed E-state index contributed by atoms with van der Waals surface area (Å²) >= 11 is 0. The van der Waals surface area contributed by atoms with Crippen molar-refractivity contribution in [2.45, 2.75) is 25.3 Å². The van der Waals surface area contributed by atoms with Gasteiger partial charge in [-0.2, -0.15) is 5.10 Å². The van der Waals surface area contributed by atoms with Gasteiger partial charge in [-0.15, -0.1) is 0 Å². The minimum atomic E-state index is -0.597. The number of hydrogen-bond donors (Lipinski definition) is 0. The molecule has 8 heteroatoms. The molecule has 2 aromatic rings. The van der Waals surface area contributed by atoms with E-state index in [9.17, 15) is 14.0 Å². The number of methoxy groups -OCH3 is 2. The smallest absolute Gasteiger partial charge is 0.262 e. The Morgan fingerprint density at radius 2 is 1.94 bits per heavy atom. The van der Waals surface area contributed by atoms with E-state index in [1.807, 2.05) is 24.3 Å². The monoisotopic (exact) mass is 453 g/mol. The molecule has 4 rings (SSSR count). The van der Waals surface area contributed by atoms with Crippen LogP contribution < -0.4 is 4.74 Å². The van der Waals surface area contributed by atoms with Gasteiger partial charge >= 0.3 is 0 Å². The van der Waals surface area contributed by atoms with Gasteiger partial charge in [0, 0.05) is 37.1 Å². The molecule has 0 bridgehead atoms. The van der Waals surface area contributed by atoms with E-state index >= 15 is 0 Å². The van der Waals surface area contributed by atoms with Gasteiger partial charge in [-0.05, 0) is 31.0 Å². The van der Waals surface area contributed by atoms with Gasteiger partial charge in [0.15, 0.2) is 0 Å². The minimum absolute atomic E-state index is 0.0218. The van der Waals surface area contributed by atoms with Crippen molar-refractivity contribution in [1.29, 1.82) is 0 Å². The SMILES string of the molecule is COCCN(CC(=O)N1N=C(c2cccc(OC)c2)C[C@H]1c1ccccc1F)C(=O)C1CC1. The average Bonchev–Trinajstić information content (AvgIpc) is 3.59. The lowest BCUT2D eigenvalue weighted by Gasteiger charge is -2.27. The standard InChI is InChI=1S/C25H28FN3O4/c1-32-13-12-28(25(31)17-10-11-17)16-24(30)29-23(20-8-3-4-9-21(20)26)15-22(27-29)18-6-5-7-19(14-18)33-2/h3-9,14,17,23H,10-13,15-16H2,1-2H3/t23-/m0/s1. The number of rotatable bonds is 9. The number of halogens is 1. The van der Waals surface area contributed by atoms with Crippen molar-refractivity contribution in [3.63, 3.8) is 0 Å². The number of hydrazone groups is 1. The van der Waals surface area contributed by atoms with Crippen molar-refractivity contribution in [1.82, 2.24) is 9.91 Å². The van der Waals surface area contributed by atoms with E-state index in [-0.39, 0.29) is 24.3 Å². The van der Waals surface area contributed by atoms with E-state index < -0.39 is 11.9 Å². The highest BCUT2D eigenvalue weighted by Gasteiger charge is 2.38. The Morgan fingerprint density at radius 1 is 1.15 bits per heavy atom. The van der Waals surface area contributed by atoms with Gasteiger partial charge < -0.3 is 14.4 Å². The predicted octanol–water partition coefficient (Wildman–Crippen LogP) is 3.40. The summed E-state index contributed by atoms with van der Waals surface area (Å²) in [6.07, 6.45) is 2.04. The molecule has 7 nitrogen and oxygen atoms in total. The van der Waals surface area contributed by atoms with Crippen LogP contribution in [0.3, 0.4) is 0 Å². The summed E-state index contributed by atoms with van der Waals surface area (Å²) < 4.78 is 25.1. The number of carbonyl (C=O) groups is 2. The van der Waals surface area contributed by atoms with Crippen LogP contribution in [-0.2, 0) is 14.3 Å². The maximum atomic E-state index is 14.7. The zero-order valence-corrected chi connectivity index (χ0v) is 18.9. The molecular formula is C25H28FN3O4. The molecule has 1 heterocycles. The highest BCUT2D eigenvalue weighted by atomic mass is 19.1. The van der Waals surface area contributed by atoms with E-state index in [0.29, 0.717) is 36.6 Å². The Kier molecular flexibility index (Phi) is 7.03. The second-order valence-corrected chi connectivity index (χ2v) is 8.29. The number of nitrogens with zero attached hydrogens (tertiary/aromatic N) is 3. The number of benzene rings is 2. The second-order valence-electron chi connectivity index (χ2n) is 8.29. The highest BCUT2D eigenvalue weighted by Crippen LogP contribution is 2.35. The maximum Gasteiger partial charge on any atom is 0.262 e. The Hall–Kier alpha value is -3.26. The van der Waals surface area contributed by atoms with Crippen LogP contribution in [0, 0.1) is 11.7 Å². The van der Waals surface area contributed by atoms with Crippen LogP contribution in [0.5, 0.6) is 5.75 Å². The fourth-order valence-corrected chi connectivity index (χ4v) is 4.00. The van der Waals surface area contributed by atoms with E-state index in [1.54, 1.807) is 32.4 Å². The molecule has 174 valence electrons. The molecule has 0 aromatic heterocycles. The molecule has 0 radical (unpaired) electrons. The van der Waals surface area contributed by atoms with Crippen molar-refractivity contribution in [2.24, 2.45) is 11.0 Å². The quantitative estimate of drug-likeness (QED) is 0.584. The predicted molar refractivity (Wildman–Crippen MR) is 121 cm³/mol. The molecule has 2 aliphatic rings. The van der Waals surface area contributed by atoms with Crippen LogP contribution in [0.15, 0.2) is 53.6 Å². The first-order chi connectivity index (χ1) is 16.0. The molecule has 1 aliphatic carbocycles. The normalized spacial score (nSPS) is 17.6. The third kappa shape index (κ3) is 5.22. The van der Waals surface area contributed by atoms with Gasteiger partial charge in [-0.1, -0.05) is 30.3 Å². The summed E-state index contributed by atoms with van der Waals surface area (Å²) in [7, 11) is 3.14. The van der Waals surface area contributed by atoms with Crippen LogP contribution in [0.1, 0.15) is 36.4 Å². The number of carbonyl (C=O) groups excluding carboxylic acids is 2. The zero-order valence-electron chi connectivity index (χ0n) is 18.9. The Bertz CT molecular complexity index is 1050. The van der Waals surface area contributed by atoms with Gasteiger partial charge in [0.2, 0.25) is 5.91 Å². The van der Waals surface area contributed by atoms with Gasteiger partial charge in [0.1, 0.15) is 18.1 Å². The van der Waals surface area contributed by atoms with Crippen LogP contribution in [0.2, 0.25) is 0 Å². The van der Waals surface area contributed by atoms with Crippen LogP contribution in [0.25, 0.3) is 0 Å². The lowest BCUT2D eigenvalue weighted by molar-refractivity contribution is -0.142. The molecule has 0 N–H and O–H groups in total. The first kappa shape index (κ1) is 22.9. The van der Waals surface area contributed by atoms with Crippen molar-refractivity contribution in [2.75, 3.05) is 33.9 Å². The molecule has 2 aromatic carbocycles. The molecule has 1 aliphatic heterocycles. The molecule has 0 unspecified atom stereocenters. The fourth-order valence-electron chi connectivity index (χ4n) is 4.00. The summed E-state index contributed by atoms with van der Waals surface area (Å²) in [6.45, 7) is 0.529. The Morgan fingerprint density at radius 3 is 2.64 bits per heavy atom. The van der Waals surface area contributed by atoms with E-state index in [1.165, 1.54) is 16.0 Å². The van der Waals surface area contributed by atoms with E-state index in [4.69, 9.17) is 9.47 Å². The summed E-state index contributed by atoms with van der Waals surface area (Å²) in [6, 6.07) is 13.2. The lowest BCUT2D eigenvalue weighted by atomic mass is 9.98. The first-order valence-corrected chi connectivity index (χ1v) is 11.1. The van der Waals surface area contributed by atoms with Gasteiger partial charge in [0.25, 0.3) is 5.91 Å². The van der Waals surface area contributed by atoms with Crippen molar-refractivity contribution >= 4 is 17.5 Å². The minimum Gasteiger partial charge on any atom is -0.497 e. The van der Waals surface area contributed by atoms with Gasteiger partial charge in [-0.25, -0.2) is 9.40 Å². The molecule has 1 saturated carbocycles. The van der Waals surface area contributed by atoms with Crippen LogP contribution in [0.4, 0.5) is 4.39 Å². The second kappa shape index (κ2) is 10.1. The number of hydrogen-bond acceptors (Lipinski definition) is 5.